The van der Waals surface area contributed by atoms with E-state index in [2.05, 4.69) is 22.1 Å². The number of esters is 1. The number of aromatic nitrogens is 1. The first-order valence-corrected chi connectivity index (χ1v) is 9.38. The van der Waals surface area contributed by atoms with E-state index in [1.165, 1.54) is 11.3 Å². The van der Waals surface area contributed by atoms with Gasteiger partial charge < -0.3 is 19.7 Å². The lowest BCUT2D eigenvalue weighted by Gasteiger charge is -2.47. The lowest BCUT2D eigenvalue weighted by molar-refractivity contribution is 0.0476. The molecule has 0 saturated carbocycles. The van der Waals surface area contributed by atoms with Crippen molar-refractivity contribution in [2.75, 3.05) is 18.1 Å². The average molecular weight is 369 g/mol. The van der Waals surface area contributed by atoms with E-state index >= 15 is 0 Å². The van der Waals surface area contributed by atoms with Crippen LogP contribution in [0, 0.1) is 6.92 Å². The van der Waals surface area contributed by atoms with E-state index in [4.69, 9.17) is 9.47 Å². The molecule has 0 bridgehead atoms. The Labute approximate surface area is 152 Å². The van der Waals surface area contributed by atoms with E-state index in [9.17, 15) is 9.59 Å². The summed E-state index contributed by atoms with van der Waals surface area (Å²) in [4.78, 5) is 31.1. The van der Waals surface area contributed by atoms with Gasteiger partial charge in [-0.15, -0.1) is 0 Å². The first-order chi connectivity index (χ1) is 11.7. The summed E-state index contributed by atoms with van der Waals surface area (Å²) < 4.78 is 10.4. The van der Waals surface area contributed by atoms with Crippen molar-refractivity contribution in [2.45, 2.75) is 65.6 Å². The molecule has 25 heavy (non-hydrogen) atoms. The zero-order valence-electron chi connectivity index (χ0n) is 15.7. The second-order valence-electron chi connectivity index (χ2n) is 7.01. The van der Waals surface area contributed by atoms with Crippen LogP contribution in [0.5, 0.6) is 0 Å². The monoisotopic (exact) mass is 369 g/mol. The summed E-state index contributed by atoms with van der Waals surface area (Å²) in [6, 6.07) is 0.142. The van der Waals surface area contributed by atoms with Crippen LogP contribution >= 0.6 is 11.3 Å². The van der Waals surface area contributed by atoms with E-state index < -0.39 is 11.7 Å². The largest absolute Gasteiger partial charge is 0.462 e. The molecule has 1 fully saturated rings. The van der Waals surface area contributed by atoms with Crippen LogP contribution < -0.4 is 10.2 Å². The molecule has 0 unspecified atom stereocenters. The summed E-state index contributed by atoms with van der Waals surface area (Å²) in [5, 5.41) is 3.71. The van der Waals surface area contributed by atoms with E-state index in [1.54, 1.807) is 6.92 Å². The number of carbonyl (C=O) groups excluding carboxylic acids is 2. The first kappa shape index (κ1) is 19.5. The number of rotatable bonds is 5. The van der Waals surface area contributed by atoms with Gasteiger partial charge in [0, 0.05) is 6.54 Å². The van der Waals surface area contributed by atoms with Gasteiger partial charge >= 0.3 is 12.1 Å². The Morgan fingerprint density at radius 2 is 2.04 bits per heavy atom. The van der Waals surface area contributed by atoms with E-state index in [1.807, 2.05) is 27.7 Å². The van der Waals surface area contributed by atoms with Crippen molar-refractivity contribution in [1.82, 2.24) is 10.3 Å². The summed E-state index contributed by atoms with van der Waals surface area (Å²) >= 11 is 1.34. The van der Waals surface area contributed by atoms with Crippen molar-refractivity contribution in [2.24, 2.45) is 0 Å². The Hall–Kier alpha value is -1.83. The maximum Gasteiger partial charge on any atom is 0.408 e. The average Bonchev–Trinajstić information content (AvgIpc) is 2.83. The van der Waals surface area contributed by atoms with Gasteiger partial charge in [-0.1, -0.05) is 18.3 Å². The number of ether oxygens (including phenoxy) is 2. The highest BCUT2D eigenvalue weighted by atomic mass is 32.1. The first-order valence-electron chi connectivity index (χ1n) is 8.57. The molecule has 1 aliphatic rings. The van der Waals surface area contributed by atoms with Gasteiger partial charge in [-0.3, -0.25) is 0 Å². The second-order valence-corrected chi connectivity index (χ2v) is 7.99. The Balaban J connectivity index is 2.02. The van der Waals surface area contributed by atoms with Crippen LogP contribution in [0.2, 0.25) is 0 Å². The van der Waals surface area contributed by atoms with Gasteiger partial charge in [-0.05, 0) is 41.0 Å². The van der Waals surface area contributed by atoms with Crippen LogP contribution in [0.1, 0.15) is 56.4 Å². The number of anilines is 1. The highest BCUT2D eigenvalue weighted by Crippen LogP contribution is 2.34. The molecule has 2 rings (SSSR count). The lowest BCUT2D eigenvalue weighted by atomic mass is 9.95. The van der Waals surface area contributed by atoms with E-state index in [0.29, 0.717) is 23.7 Å². The topological polar surface area (TPSA) is 80.8 Å². The van der Waals surface area contributed by atoms with Crippen LogP contribution in [0.3, 0.4) is 0 Å². The molecule has 0 aromatic carbocycles. The van der Waals surface area contributed by atoms with Crippen LogP contribution in [-0.4, -0.2) is 47.9 Å². The van der Waals surface area contributed by atoms with Crippen molar-refractivity contribution >= 4 is 28.5 Å². The number of hydrogen-bond donors (Lipinski definition) is 1. The van der Waals surface area contributed by atoms with Crippen molar-refractivity contribution < 1.29 is 19.1 Å². The predicted molar refractivity (Wildman–Crippen MR) is 97.4 cm³/mol. The number of aryl methyl sites for hydroxylation is 1. The van der Waals surface area contributed by atoms with Crippen LogP contribution in [0.4, 0.5) is 9.93 Å². The molecule has 1 amide bonds. The molecular formula is C17H27N3O4S. The van der Waals surface area contributed by atoms with Gasteiger partial charge in [-0.2, -0.15) is 0 Å². The molecule has 0 aliphatic carbocycles. The molecule has 7 nitrogen and oxygen atoms in total. The fourth-order valence-electron chi connectivity index (χ4n) is 2.76. The Kier molecular flexibility index (Phi) is 5.92. The molecule has 1 saturated heterocycles. The molecule has 1 N–H and O–H groups in total. The zero-order chi connectivity index (χ0) is 18.8. The standard InChI is InChI=1S/C17H27N3O4S/c1-7-12-11(19-16(22)24-17(4,5)6)9-20(12)15-18-10(3)13(25-15)14(21)23-8-2/h11-12H,7-9H2,1-6H3,(H,19,22)/t11-,12-/m0/s1. The molecular weight excluding hydrogens is 342 g/mol. The minimum Gasteiger partial charge on any atom is -0.462 e. The normalized spacial score (nSPS) is 20.0. The summed E-state index contributed by atoms with van der Waals surface area (Å²) in [6.45, 7) is 12.2. The number of amides is 1. The predicted octanol–water partition coefficient (Wildman–Crippen LogP) is 3.12. The van der Waals surface area contributed by atoms with E-state index in [0.717, 1.165) is 11.6 Å². The Bertz CT molecular complexity index is 638. The number of thiazole rings is 1. The third-order valence-electron chi connectivity index (χ3n) is 3.87. The number of alkyl carbamates (subject to hydrolysis) is 1. The van der Waals surface area contributed by atoms with Gasteiger partial charge in [0.1, 0.15) is 10.5 Å². The quantitative estimate of drug-likeness (QED) is 0.803. The molecule has 0 spiro atoms. The summed E-state index contributed by atoms with van der Waals surface area (Å²) in [5.41, 5.74) is 0.160. The molecule has 2 heterocycles. The molecule has 1 aromatic rings. The number of nitrogens with zero attached hydrogens (tertiary/aromatic N) is 2. The minimum atomic E-state index is -0.518. The molecule has 140 valence electrons. The van der Waals surface area contributed by atoms with Gasteiger partial charge in [0.25, 0.3) is 0 Å². The van der Waals surface area contributed by atoms with Gasteiger partial charge in [0.05, 0.1) is 24.4 Å². The molecule has 2 atom stereocenters. The molecule has 1 aromatic heterocycles. The summed E-state index contributed by atoms with van der Waals surface area (Å²) in [6.07, 6.45) is 0.450. The number of nitrogens with one attached hydrogen (secondary N) is 1. The third kappa shape index (κ3) is 4.62. The fraction of sp³-hybridized carbons (Fsp3) is 0.706. The molecule has 1 aliphatic heterocycles. The summed E-state index contributed by atoms with van der Waals surface area (Å²) in [5.74, 6) is -0.333. The third-order valence-corrected chi connectivity index (χ3v) is 5.04. The Morgan fingerprint density at radius 1 is 1.36 bits per heavy atom. The highest BCUT2D eigenvalue weighted by Gasteiger charge is 2.41. The van der Waals surface area contributed by atoms with Crippen LogP contribution in [0.15, 0.2) is 0 Å². The summed E-state index contributed by atoms with van der Waals surface area (Å²) in [7, 11) is 0. The molecule has 0 radical (unpaired) electrons. The Morgan fingerprint density at radius 3 is 2.60 bits per heavy atom. The van der Waals surface area contributed by atoms with Gasteiger partial charge in [0.2, 0.25) is 0 Å². The SMILES string of the molecule is CCOC(=O)c1sc(N2C[C@H](NC(=O)OC(C)(C)C)[C@@H]2CC)nc1C. The van der Waals surface area contributed by atoms with Crippen molar-refractivity contribution in [3.05, 3.63) is 10.6 Å². The smallest absolute Gasteiger partial charge is 0.408 e. The van der Waals surface area contributed by atoms with Crippen LogP contribution in [-0.2, 0) is 9.47 Å². The maximum atomic E-state index is 12.0. The van der Waals surface area contributed by atoms with Crippen molar-refractivity contribution in [3.8, 4) is 0 Å². The van der Waals surface area contributed by atoms with E-state index in [-0.39, 0.29) is 18.1 Å². The number of hydrogen-bond acceptors (Lipinski definition) is 7. The van der Waals surface area contributed by atoms with Gasteiger partial charge in [0.15, 0.2) is 5.13 Å². The zero-order valence-corrected chi connectivity index (χ0v) is 16.5. The number of carbonyl (C=O) groups is 2. The van der Waals surface area contributed by atoms with Crippen molar-refractivity contribution in [1.29, 1.82) is 0 Å². The maximum absolute atomic E-state index is 12.0. The fourth-order valence-corrected chi connectivity index (χ4v) is 3.79. The highest BCUT2D eigenvalue weighted by molar-refractivity contribution is 7.17. The van der Waals surface area contributed by atoms with Crippen molar-refractivity contribution in [3.63, 3.8) is 0 Å². The molecule has 8 heteroatoms. The van der Waals surface area contributed by atoms with Gasteiger partial charge in [-0.25, -0.2) is 14.6 Å². The lowest BCUT2D eigenvalue weighted by Crippen LogP contribution is -2.67. The minimum absolute atomic E-state index is 0.00935. The van der Waals surface area contributed by atoms with Crippen LogP contribution in [0.25, 0.3) is 0 Å². The second kappa shape index (κ2) is 7.59.